The Morgan fingerprint density at radius 2 is 2.03 bits per heavy atom. The molecule has 0 spiro atoms. The molecule has 5 nitrogen and oxygen atoms in total. The standard InChI is InChI=1S/C24H23N3O2S2/c1-3-29-24(28)20-19(22-16(2)11-14-30-22)18(15-26)23(31-13-8-7-12-25)27-21(20)17-9-5-4-6-10-17/h4-6,9-11,14,19,27H,3,7-8,13H2,1-2H3. The van der Waals surface area contributed by atoms with Crippen molar-refractivity contribution in [2.75, 3.05) is 12.4 Å². The predicted octanol–water partition coefficient (Wildman–Crippen LogP) is 5.49. The first-order valence-electron chi connectivity index (χ1n) is 10.0. The second kappa shape index (κ2) is 10.9. The van der Waals surface area contributed by atoms with Gasteiger partial charge in [0.15, 0.2) is 0 Å². The number of nitrogens with zero attached hydrogens (tertiary/aromatic N) is 2. The first kappa shape index (κ1) is 22.7. The number of thiophene rings is 1. The van der Waals surface area contributed by atoms with E-state index in [1.165, 1.54) is 23.1 Å². The number of thioether (sulfide) groups is 1. The van der Waals surface area contributed by atoms with Gasteiger partial charge >= 0.3 is 5.97 Å². The van der Waals surface area contributed by atoms with E-state index in [2.05, 4.69) is 17.5 Å². The van der Waals surface area contributed by atoms with Gasteiger partial charge in [-0.3, -0.25) is 0 Å². The molecule has 7 heteroatoms. The highest BCUT2D eigenvalue weighted by molar-refractivity contribution is 8.03. The number of hydrogen-bond acceptors (Lipinski definition) is 7. The quantitative estimate of drug-likeness (QED) is 0.424. The Labute approximate surface area is 191 Å². The maximum absolute atomic E-state index is 13.2. The van der Waals surface area contributed by atoms with Crippen LogP contribution in [-0.4, -0.2) is 18.3 Å². The molecule has 2 aromatic rings. The summed E-state index contributed by atoms with van der Waals surface area (Å²) in [6, 6.07) is 16.2. The molecule has 0 aliphatic carbocycles. The van der Waals surface area contributed by atoms with Gasteiger partial charge in [-0.15, -0.1) is 23.1 Å². The fourth-order valence-corrected chi connectivity index (χ4v) is 5.46. The number of carbonyl (C=O) groups is 1. The smallest absolute Gasteiger partial charge is 0.337 e. The Morgan fingerprint density at radius 1 is 1.26 bits per heavy atom. The highest BCUT2D eigenvalue weighted by Crippen LogP contribution is 2.45. The number of nitriles is 2. The lowest BCUT2D eigenvalue weighted by atomic mass is 9.84. The van der Waals surface area contributed by atoms with Crippen molar-refractivity contribution in [2.45, 2.75) is 32.6 Å². The van der Waals surface area contributed by atoms with E-state index < -0.39 is 11.9 Å². The van der Waals surface area contributed by atoms with Gasteiger partial charge in [0.25, 0.3) is 0 Å². The summed E-state index contributed by atoms with van der Waals surface area (Å²) in [6.45, 7) is 4.02. The van der Waals surface area contributed by atoms with Gasteiger partial charge < -0.3 is 10.1 Å². The van der Waals surface area contributed by atoms with E-state index in [4.69, 9.17) is 10.00 Å². The number of ether oxygens (including phenoxy) is 1. The van der Waals surface area contributed by atoms with E-state index in [0.29, 0.717) is 29.0 Å². The lowest BCUT2D eigenvalue weighted by molar-refractivity contribution is -0.138. The maximum Gasteiger partial charge on any atom is 0.337 e. The number of nitrogens with one attached hydrogen (secondary N) is 1. The molecule has 1 atom stereocenters. The molecule has 158 valence electrons. The van der Waals surface area contributed by atoms with Gasteiger partial charge in [-0.05, 0) is 42.8 Å². The zero-order valence-electron chi connectivity index (χ0n) is 17.5. The van der Waals surface area contributed by atoms with Crippen LogP contribution in [0.15, 0.2) is 58.0 Å². The second-order valence-electron chi connectivity index (χ2n) is 6.87. The first-order chi connectivity index (χ1) is 15.1. The Morgan fingerprint density at radius 3 is 2.65 bits per heavy atom. The third-order valence-electron chi connectivity index (χ3n) is 4.85. The summed E-state index contributed by atoms with van der Waals surface area (Å²) < 4.78 is 5.44. The highest BCUT2D eigenvalue weighted by Gasteiger charge is 2.38. The van der Waals surface area contributed by atoms with E-state index >= 15 is 0 Å². The molecule has 0 bridgehead atoms. The minimum Gasteiger partial charge on any atom is -0.463 e. The van der Waals surface area contributed by atoms with E-state index in [1.807, 2.05) is 48.7 Å². The Hall–Kier alpha value is -3.00. The van der Waals surface area contributed by atoms with Crippen molar-refractivity contribution in [2.24, 2.45) is 0 Å². The summed E-state index contributed by atoms with van der Waals surface area (Å²) in [4.78, 5) is 14.1. The molecule has 3 rings (SSSR count). The topological polar surface area (TPSA) is 85.9 Å². The number of aryl methyl sites for hydroxylation is 1. The van der Waals surface area contributed by atoms with Crippen LogP contribution in [0, 0.1) is 29.6 Å². The molecule has 2 heterocycles. The highest BCUT2D eigenvalue weighted by atomic mass is 32.2. The summed E-state index contributed by atoms with van der Waals surface area (Å²) in [6.07, 6.45) is 1.19. The number of carbonyl (C=O) groups excluding carboxylic acids is 1. The minimum atomic E-state index is -0.501. The number of allylic oxidation sites excluding steroid dienone is 1. The van der Waals surface area contributed by atoms with Crippen LogP contribution in [0.3, 0.4) is 0 Å². The summed E-state index contributed by atoms with van der Waals surface area (Å²) >= 11 is 3.05. The molecule has 0 saturated carbocycles. The summed E-state index contributed by atoms with van der Waals surface area (Å²) in [5.74, 6) is -0.222. The van der Waals surface area contributed by atoms with E-state index in [0.717, 1.165) is 27.5 Å². The van der Waals surface area contributed by atoms with Crippen molar-refractivity contribution in [3.8, 4) is 12.1 Å². The van der Waals surface area contributed by atoms with Crippen molar-refractivity contribution in [1.29, 1.82) is 10.5 Å². The molecular weight excluding hydrogens is 426 g/mol. The SMILES string of the molecule is CCOC(=O)C1=C(c2ccccc2)NC(SCCCC#N)=C(C#N)C1c1sccc1C. The van der Waals surface area contributed by atoms with Crippen LogP contribution in [-0.2, 0) is 9.53 Å². The molecular formula is C24H23N3O2S2. The Balaban J connectivity index is 2.19. The largest absolute Gasteiger partial charge is 0.463 e. The monoisotopic (exact) mass is 449 g/mol. The van der Waals surface area contributed by atoms with E-state index in [1.54, 1.807) is 6.92 Å². The van der Waals surface area contributed by atoms with Crippen molar-refractivity contribution in [3.63, 3.8) is 0 Å². The van der Waals surface area contributed by atoms with Gasteiger partial charge in [0.05, 0.1) is 46.5 Å². The molecule has 1 aromatic heterocycles. The van der Waals surface area contributed by atoms with E-state index in [9.17, 15) is 10.1 Å². The average molecular weight is 450 g/mol. The number of unbranched alkanes of at least 4 members (excludes halogenated alkanes) is 1. The average Bonchev–Trinajstić information content (AvgIpc) is 3.21. The fraction of sp³-hybridized carbons (Fsp3) is 0.292. The Bertz CT molecular complexity index is 1090. The molecule has 0 fully saturated rings. The van der Waals surface area contributed by atoms with Gasteiger partial charge in [-0.25, -0.2) is 4.79 Å². The van der Waals surface area contributed by atoms with Crippen LogP contribution in [0.4, 0.5) is 0 Å². The summed E-state index contributed by atoms with van der Waals surface area (Å²) in [5, 5.41) is 25.0. The molecule has 0 amide bonds. The van der Waals surface area contributed by atoms with Gasteiger partial charge in [-0.1, -0.05) is 30.3 Å². The van der Waals surface area contributed by atoms with Gasteiger partial charge in [0, 0.05) is 17.1 Å². The molecule has 1 aromatic carbocycles. The molecule has 1 N–H and O–H groups in total. The second-order valence-corrected chi connectivity index (χ2v) is 8.92. The fourth-order valence-electron chi connectivity index (χ4n) is 3.43. The molecule has 31 heavy (non-hydrogen) atoms. The molecule has 1 aliphatic heterocycles. The lowest BCUT2D eigenvalue weighted by Gasteiger charge is -2.30. The number of hydrogen-bond donors (Lipinski definition) is 1. The predicted molar refractivity (Wildman–Crippen MR) is 125 cm³/mol. The molecule has 0 saturated heterocycles. The third-order valence-corrected chi connectivity index (χ3v) is 7.04. The van der Waals surface area contributed by atoms with Gasteiger partial charge in [0.1, 0.15) is 0 Å². The zero-order chi connectivity index (χ0) is 22.2. The van der Waals surface area contributed by atoms with Crippen LogP contribution < -0.4 is 5.32 Å². The van der Waals surface area contributed by atoms with Crippen LogP contribution in [0.1, 0.15) is 41.7 Å². The number of esters is 1. The third kappa shape index (κ3) is 5.02. The molecule has 0 radical (unpaired) electrons. The normalized spacial score (nSPS) is 15.8. The Kier molecular flexibility index (Phi) is 7.94. The van der Waals surface area contributed by atoms with Crippen LogP contribution in [0.2, 0.25) is 0 Å². The minimum absolute atomic E-state index is 0.252. The number of dihydropyridines is 1. The van der Waals surface area contributed by atoms with Crippen LogP contribution in [0.5, 0.6) is 0 Å². The van der Waals surface area contributed by atoms with Crippen LogP contribution >= 0.6 is 23.1 Å². The zero-order valence-corrected chi connectivity index (χ0v) is 19.1. The number of benzene rings is 1. The van der Waals surface area contributed by atoms with Crippen LogP contribution in [0.25, 0.3) is 5.70 Å². The van der Waals surface area contributed by atoms with Crippen molar-refractivity contribution in [1.82, 2.24) is 5.32 Å². The van der Waals surface area contributed by atoms with Crippen molar-refractivity contribution < 1.29 is 9.53 Å². The van der Waals surface area contributed by atoms with Gasteiger partial charge in [0.2, 0.25) is 0 Å². The number of rotatable bonds is 8. The molecule has 1 aliphatic rings. The van der Waals surface area contributed by atoms with Gasteiger partial charge in [-0.2, -0.15) is 10.5 Å². The lowest BCUT2D eigenvalue weighted by Crippen LogP contribution is -2.29. The maximum atomic E-state index is 13.2. The summed E-state index contributed by atoms with van der Waals surface area (Å²) in [7, 11) is 0. The van der Waals surface area contributed by atoms with E-state index in [-0.39, 0.29) is 6.61 Å². The first-order valence-corrected chi connectivity index (χ1v) is 11.9. The summed E-state index contributed by atoms with van der Waals surface area (Å²) in [5.41, 5.74) is 3.52. The van der Waals surface area contributed by atoms with Crippen molar-refractivity contribution >= 4 is 34.8 Å². The van der Waals surface area contributed by atoms with Crippen molar-refractivity contribution in [3.05, 3.63) is 74.0 Å². The molecule has 1 unspecified atom stereocenters.